The highest BCUT2D eigenvalue weighted by Gasteiger charge is 2.34. The molecule has 0 radical (unpaired) electrons. The number of hydrogen-bond donors (Lipinski definition) is 0. The van der Waals surface area contributed by atoms with E-state index in [-0.39, 0.29) is 0 Å². The maximum Gasteiger partial charge on any atom is 0.243 e. The van der Waals surface area contributed by atoms with Gasteiger partial charge >= 0.3 is 0 Å². The van der Waals surface area contributed by atoms with Gasteiger partial charge in [-0.1, -0.05) is 12.1 Å². The van der Waals surface area contributed by atoms with E-state index >= 15 is 0 Å². The first-order valence-corrected chi connectivity index (χ1v) is 8.98. The molecule has 1 aliphatic rings. The van der Waals surface area contributed by atoms with E-state index in [9.17, 15) is 8.42 Å². The van der Waals surface area contributed by atoms with Crippen LogP contribution < -0.4 is 0 Å². The smallest absolute Gasteiger partial charge is 0.243 e. The van der Waals surface area contributed by atoms with Crippen LogP contribution in [0.15, 0.2) is 29.2 Å². The van der Waals surface area contributed by atoms with Gasteiger partial charge < -0.3 is 4.90 Å². The van der Waals surface area contributed by atoms with Crippen LogP contribution in [0.2, 0.25) is 0 Å². The monoisotopic (exact) mass is 334 g/mol. The Hall–Kier alpha value is -1.70. The van der Waals surface area contributed by atoms with E-state index in [2.05, 4.69) is 5.10 Å². The van der Waals surface area contributed by atoms with Crippen molar-refractivity contribution in [2.45, 2.75) is 31.5 Å². The van der Waals surface area contributed by atoms with Crippen LogP contribution in [0.3, 0.4) is 0 Å². The summed E-state index contributed by atoms with van der Waals surface area (Å²) in [6.45, 7) is 3.38. The molecule has 3 rings (SSSR count). The van der Waals surface area contributed by atoms with E-state index < -0.39 is 10.0 Å². The van der Waals surface area contributed by atoms with E-state index in [1.165, 1.54) is 4.31 Å². The van der Waals surface area contributed by atoms with Gasteiger partial charge in [-0.3, -0.25) is 4.68 Å². The van der Waals surface area contributed by atoms with Crippen molar-refractivity contribution >= 4 is 10.0 Å². The van der Waals surface area contributed by atoms with Crippen molar-refractivity contribution in [3.8, 4) is 0 Å². The minimum Gasteiger partial charge on any atom is -0.303 e. The number of nitrogens with zero attached hydrogens (tertiary/aromatic N) is 4. The second kappa shape index (κ2) is 5.74. The molecule has 0 spiro atoms. The number of hydrogen-bond acceptors (Lipinski definition) is 4. The Bertz CT molecular complexity index is 840. The van der Waals surface area contributed by atoms with Gasteiger partial charge in [0.1, 0.15) is 0 Å². The molecule has 7 heteroatoms. The minimum absolute atomic E-state index is 0.354. The van der Waals surface area contributed by atoms with Crippen LogP contribution in [0.25, 0.3) is 0 Å². The van der Waals surface area contributed by atoms with Gasteiger partial charge in [0.15, 0.2) is 0 Å². The first-order valence-electron chi connectivity index (χ1n) is 7.54. The molecule has 0 amide bonds. The largest absolute Gasteiger partial charge is 0.303 e. The molecular formula is C16H22N4O2S. The van der Waals surface area contributed by atoms with Gasteiger partial charge in [-0.25, -0.2) is 8.42 Å². The summed E-state index contributed by atoms with van der Waals surface area (Å²) >= 11 is 0. The Balaban J connectivity index is 1.93. The average molecular weight is 334 g/mol. The summed E-state index contributed by atoms with van der Waals surface area (Å²) in [5.74, 6) is 0. The molecule has 0 N–H and O–H groups in total. The third kappa shape index (κ3) is 2.91. The lowest BCUT2D eigenvalue weighted by atomic mass is 10.2. The van der Waals surface area contributed by atoms with Crippen molar-refractivity contribution < 1.29 is 8.42 Å². The van der Waals surface area contributed by atoms with Gasteiger partial charge in [0.2, 0.25) is 10.0 Å². The number of fused-ring (bicyclic) bond motifs is 1. The second-order valence-corrected chi connectivity index (χ2v) is 8.26. The molecule has 0 saturated heterocycles. The summed E-state index contributed by atoms with van der Waals surface area (Å²) in [4.78, 5) is 2.40. The molecule has 0 fully saturated rings. The molecule has 1 aromatic heterocycles. The van der Waals surface area contributed by atoms with Gasteiger partial charge in [0, 0.05) is 25.7 Å². The van der Waals surface area contributed by atoms with E-state index in [1.807, 2.05) is 39.0 Å². The summed E-state index contributed by atoms with van der Waals surface area (Å²) in [6.07, 6.45) is 0. The van der Waals surface area contributed by atoms with Gasteiger partial charge in [0.05, 0.1) is 22.8 Å². The fourth-order valence-corrected chi connectivity index (χ4v) is 4.44. The van der Waals surface area contributed by atoms with Gasteiger partial charge in [0.25, 0.3) is 0 Å². The van der Waals surface area contributed by atoms with Crippen molar-refractivity contribution in [3.05, 3.63) is 46.8 Å². The van der Waals surface area contributed by atoms with Crippen LogP contribution in [0, 0.1) is 6.92 Å². The third-order valence-electron chi connectivity index (χ3n) is 4.11. The Morgan fingerprint density at radius 1 is 1.26 bits per heavy atom. The number of aryl methyl sites for hydroxylation is 2. The molecule has 0 saturated carbocycles. The Labute approximate surface area is 137 Å². The first-order chi connectivity index (χ1) is 10.8. The van der Waals surface area contributed by atoms with Crippen LogP contribution in [0.5, 0.6) is 0 Å². The predicted octanol–water partition coefficient (Wildman–Crippen LogP) is 1.49. The lowest BCUT2D eigenvalue weighted by Gasteiger charge is -2.17. The molecule has 0 unspecified atom stereocenters. The van der Waals surface area contributed by atoms with E-state index in [1.54, 1.807) is 22.9 Å². The van der Waals surface area contributed by atoms with Crippen molar-refractivity contribution in [1.82, 2.24) is 19.0 Å². The van der Waals surface area contributed by atoms with Crippen molar-refractivity contribution in [2.75, 3.05) is 14.1 Å². The normalized spacial score (nSPS) is 15.3. The van der Waals surface area contributed by atoms with Gasteiger partial charge in [-0.15, -0.1) is 0 Å². The van der Waals surface area contributed by atoms with Gasteiger partial charge in [-0.2, -0.15) is 9.40 Å². The van der Waals surface area contributed by atoms with Crippen LogP contribution in [-0.4, -0.2) is 41.5 Å². The van der Waals surface area contributed by atoms with Crippen LogP contribution in [0.1, 0.15) is 22.5 Å². The van der Waals surface area contributed by atoms with Crippen LogP contribution in [-0.2, 0) is 36.7 Å². The lowest BCUT2D eigenvalue weighted by molar-refractivity contribution is 0.384. The highest BCUT2D eigenvalue weighted by atomic mass is 32.2. The topological polar surface area (TPSA) is 58.4 Å². The van der Waals surface area contributed by atoms with E-state index in [4.69, 9.17) is 0 Å². The summed E-state index contributed by atoms with van der Waals surface area (Å²) in [5, 5.41) is 4.53. The molecule has 0 bridgehead atoms. The predicted molar refractivity (Wildman–Crippen MR) is 88.2 cm³/mol. The van der Waals surface area contributed by atoms with Crippen molar-refractivity contribution in [3.63, 3.8) is 0 Å². The summed E-state index contributed by atoms with van der Waals surface area (Å²) in [5.41, 5.74) is 3.92. The van der Waals surface area contributed by atoms with E-state index in [0.717, 1.165) is 22.5 Å². The van der Waals surface area contributed by atoms with Crippen LogP contribution >= 0.6 is 0 Å². The molecule has 2 heterocycles. The molecule has 2 aromatic rings. The molecule has 1 aliphatic heterocycles. The highest BCUT2D eigenvalue weighted by Crippen LogP contribution is 2.31. The molecule has 6 nitrogen and oxygen atoms in total. The third-order valence-corrected chi connectivity index (χ3v) is 5.90. The Morgan fingerprint density at radius 3 is 2.65 bits per heavy atom. The standard InChI is InChI=1S/C16H22N4O2S/c1-12-6-5-7-13(8-12)23(21,22)20-9-14-15(10-18(2)3)17-19(4)16(14)11-20/h5-8H,9-11H2,1-4H3. The van der Waals surface area contributed by atoms with E-state index in [0.29, 0.717) is 24.5 Å². The Morgan fingerprint density at radius 2 is 2.00 bits per heavy atom. The number of sulfonamides is 1. The summed E-state index contributed by atoms with van der Waals surface area (Å²) in [6, 6.07) is 7.06. The molecule has 0 atom stereocenters. The minimum atomic E-state index is -3.48. The SMILES string of the molecule is Cc1cccc(S(=O)(=O)N2Cc3c(CN(C)C)nn(C)c3C2)c1. The van der Waals surface area contributed by atoms with Crippen molar-refractivity contribution in [1.29, 1.82) is 0 Å². The maximum atomic E-state index is 12.9. The van der Waals surface area contributed by atoms with Gasteiger partial charge in [-0.05, 0) is 38.7 Å². The zero-order chi connectivity index (χ0) is 16.8. The summed E-state index contributed by atoms with van der Waals surface area (Å²) in [7, 11) is 2.36. The molecule has 23 heavy (non-hydrogen) atoms. The first kappa shape index (κ1) is 16.2. The molecular weight excluding hydrogens is 312 g/mol. The second-order valence-electron chi connectivity index (χ2n) is 6.32. The number of aromatic nitrogens is 2. The van der Waals surface area contributed by atoms with Crippen molar-refractivity contribution in [2.24, 2.45) is 7.05 Å². The zero-order valence-corrected chi connectivity index (χ0v) is 14.8. The fourth-order valence-electron chi connectivity index (χ4n) is 2.96. The average Bonchev–Trinajstić information content (AvgIpc) is 3.01. The zero-order valence-electron chi connectivity index (χ0n) is 13.9. The molecule has 124 valence electrons. The molecule has 0 aliphatic carbocycles. The maximum absolute atomic E-state index is 12.9. The highest BCUT2D eigenvalue weighted by molar-refractivity contribution is 7.89. The summed E-state index contributed by atoms with van der Waals surface area (Å²) < 4.78 is 29.1. The molecule has 1 aromatic carbocycles. The lowest BCUT2D eigenvalue weighted by Crippen LogP contribution is -2.27. The fraction of sp³-hybridized carbons (Fsp3) is 0.438. The number of benzene rings is 1. The number of rotatable bonds is 4. The quantitative estimate of drug-likeness (QED) is 0.850. The Kier molecular flexibility index (Phi) is 4.03. The van der Waals surface area contributed by atoms with Crippen LogP contribution in [0.4, 0.5) is 0 Å².